The maximum atomic E-state index is 13.1. The summed E-state index contributed by atoms with van der Waals surface area (Å²) in [5, 5.41) is 9.05. The second-order valence-corrected chi connectivity index (χ2v) is 9.15. The zero-order valence-corrected chi connectivity index (χ0v) is 18.0. The molecular weight excluding hydrogens is 459 g/mol. The van der Waals surface area contributed by atoms with Gasteiger partial charge in [-0.2, -0.15) is 18.4 Å². The van der Waals surface area contributed by atoms with Crippen molar-refractivity contribution in [2.45, 2.75) is 18.0 Å². The lowest BCUT2D eigenvalue weighted by atomic mass is 10.2. The molecule has 4 heterocycles. The van der Waals surface area contributed by atoms with Crippen LogP contribution in [0.2, 0.25) is 0 Å². The van der Waals surface area contributed by atoms with Crippen molar-refractivity contribution in [3.05, 3.63) is 48.2 Å². The summed E-state index contributed by atoms with van der Waals surface area (Å²) >= 11 is 0. The molecule has 0 aliphatic rings. The van der Waals surface area contributed by atoms with Gasteiger partial charge in [0.15, 0.2) is 21.5 Å². The van der Waals surface area contributed by atoms with E-state index in [2.05, 4.69) is 24.9 Å². The largest absolute Gasteiger partial charge is 0.433 e. The van der Waals surface area contributed by atoms with Gasteiger partial charge in [-0.3, -0.25) is 4.98 Å². The number of nitriles is 1. The quantitative estimate of drug-likeness (QED) is 0.442. The molecule has 9 nitrogen and oxygen atoms in total. The highest BCUT2D eigenvalue weighted by molar-refractivity contribution is 7.91. The second-order valence-electron chi connectivity index (χ2n) is 6.90. The third-order valence-electron chi connectivity index (χ3n) is 4.87. The first kappa shape index (κ1) is 22.3. The number of nitrogens with zero attached hydrogens (tertiary/aromatic N) is 7. The predicted molar refractivity (Wildman–Crippen MR) is 110 cm³/mol. The van der Waals surface area contributed by atoms with Crippen LogP contribution in [0.25, 0.3) is 33.9 Å². The fourth-order valence-electron chi connectivity index (χ4n) is 3.14. The monoisotopic (exact) mass is 473 g/mol. The van der Waals surface area contributed by atoms with Crippen molar-refractivity contribution >= 4 is 20.9 Å². The minimum atomic E-state index is -4.65. The van der Waals surface area contributed by atoms with E-state index in [1.807, 2.05) is 6.07 Å². The molecule has 168 valence electrons. The van der Waals surface area contributed by atoms with Gasteiger partial charge in [-0.05, 0) is 18.2 Å². The molecule has 4 aromatic heterocycles. The number of hydrogen-bond acceptors (Lipinski definition) is 8. The zero-order valence-electron chi connectivity index (χ0n) is 17.2. The molecule has 0 bridgehead atoms. The van der Waals surface area contributed by atoms with Crippen molar-refractivity contribution < 1.29 is 21.6 Å². The normalized spacial score (nSPS) is 12.1. The average molecular weight is 473 g/mol. The lowest BCUT2D eigenvalue weighted by Gasteiger charge is -2.10. The molecule has 0 saturated carbocycles. The molecule has 0 spiro atoms. The van der Waals surface area contributed by atoms with Gasteiger partial charge in [0.2, 0.25) is 0 Å². The van der Waals surface area contributed by atoms with Gasteiger partial charge in [-0.25, -0.2) is 28.4 Å². The Hall–Kier alpha value is -3.92. The van der Waals surface area contributed by atoms with E-state index in [0.717, 1.165) is 12.3 Å². The minimum absolute atomic E-state index is 0.00870. The molecule has 4 aromatic rings. The first-order valence-electron chi connectivity index (χ1n) is 9.41. The maximum absolute atomic E-state index is 13.1. The molecule has 0 unspecified atom stereocenters. The summed E-state index contributed by atoms with van der Waals surface area (Å²) in [5.74, 6) is -0.102. The first-order chi connectivity index (χ1) is 15.5. The van der Waals surface area contributed by atoms with Crippen LogP contribution in [-0.4, -0.2) is 43.7 Å². The van der Waals surface area contributed by atoms with E-state index in [9.17, 15) is 21.6 Å². The summed E-state index contributed by atoms with van der Waals surface area (Å²) in [7, 11) is -2.32. The fourth-order valence-corrected chi connectivity index (χ4v) is 4.20. The van der Waals surface area contributed by atoms with Crippen molar-refractivity contribution in [3.63, 3.8) is 0 Å². The maximum Gasteiger partial charge on any atom is 0.433 e. The molecule has 0 fully saturated rings. The average Bonchev–Trinajstić information content (AvgIpc) is 3.14. The van der Waals surface area contributed by atoms with E-state index in [0.29, 0.717) is 0 Å². The number of hydrogen-bond donors (Lipinski definition) is 0. The van der Waals surface area contributed by atoms with E-state index < -0.39 is 21.7 Å². The second kappa shape index (κ2) is 7.89. The zero-order chi connectivity index (χ0) is 24.0. The first-order valence-corrected chi connectivity index (χ1v) is 11.1. The van der Waals surface area contributed by atoms with Crippen LogP contribution in [0.4, 0.5) is 13.2 Å². The van der Waals surface area contributed by atoms with Gasteiger partial charge in [-0.1, -0.05) is 6.92 Å². The van der Waals surface area contributed by atoms with E-state index in [4.69, 9.17) is 5.26 Å². The molecule has 0 aliphatic carbocycles. The standard InChI is InChI=1S/C20H14F3N7O2S/c1-3-33(31,32)15-6-11(18-25-5-4-12(8-24)28-18)9-27-17(15)19-29-13-7-16(20(21,22)23)26-10-14(13)30(19)2/h4-7,9-10H,3H2,1-2H3. The summed E-state index contributed by atoms with van der Waals surface area (Å²) in [6.45, 7) is 1.45. The summed E-state index contributed by atoms with van der Waals surface area (Å²) in [4.78, 5) is 19.8. The number of imidazole rings is 1. The lowest BCUT2D eigenvalue weighted by molar-refractivity contribution is -0.141. The molecule has 0 amide bonds. The van der Waals surface area contributed by atoms with Crippen molar-refractivity contribution in [2.75, 3.05) is 5.75 Å². The van der Waals surface area contributed by atoms with Crippen LogP contribution in [0.1, 0.15) is 18.3 Å². The molecule has 33 heavy (non-hydrogen) atoms. The molecule has 4 rings (SSSR count). The number of rotatable bonds is 4. The van der Waals surface area contributed by atoms with Gasteiger partial charge in [0.25, 0.3) is 0 Å². The van der Waals surface area contributed by atoms with Crippen LogP contribution >= 0.6 is 0 Å². The van der Waals surface area contributed by atoms with Crippen LogP contribution in [0, 0.1) is 11.3 Å². The molecule has 0 N–H and O–H groups in total. The number of aryl methyl sites for hydroxylation is 1. The molecule has 0 radical (unpaired) electrons. The third-order valence-corrected chi connectivity index (χ3v) is 6.61. The lowest BCUT2D eigenvalue weighted by Crippen LogP contribution is -2.09. The van der Waals surface area contributed by atoms with E-state index in [-0.39, 0.29) is 50.3 Å². The van der Waals surface area contributed by atoms with Crippen molar-refractivity contribution in [1.82, 2.24) is 29.5 Å². The summed E-state index contributed by atoms with van der Waals surface area (Å²) < 4.78 is 66.3. The van der Waals surface area contributed by atoms with Crippen LogP contribution in [0.3, 0.4) is 0 Å². The van der Waals surface area contributed by atoms with E-state index in [1.165, 1.54) is 43.1 Å². The van der Waals surface area contributed by atoms with Crippen LogP contribution in [-0.2, 0) is 23.1 Å². The number of aromatic nitrogens is 6. The number of alkyl halides is 3. The summed E-state index contributed by atoms with van der Waals surface area (Å²) in [6.07, 6.45) is -0.947. The SMILES string of the molecule is CCS(=O)(=O)c1cc(-c2nccc(C#N)n2)cnc1-c1nc2cc(C(F)(F)F)ncc2n1C. The van der Waals surface area contributed by atoms with Gasteiger partial charge >= 0.3 is 6.18 Å². The van der Waals surface area contributed by atoms with Crippen molar-refractivity contribution in [1.29, 1.82) is 5.26 Å². The minimum Gasteiger partial charge on any atom is -0.324 e. The third kappa shape index (κ3) is 4.00. The van der Waals surface area contributed by atoms with Gasteiger partial charge in [0, 0.05) is 25.0 Å². The highest BCUT2D eigenvalue weighted by Gasteiger charge is 2.33. The van der Waals surface area contributed by atoms with Crippen molar-refractivity contribution in [3.8, 4) is 29.0 Å². The van der Waals surface area contributed by atoms with E-state index >= 15 is 0 Å². The number of fused-ring (bicyclic) bond motifs is 1. The molecule has 0 saturated heterocycles. The Morgan fingerprint density at radius 3 is 2.55 bits per heavy atom. The summed E-state index contributed by atoms with van der Waals surface area (Å²) in [5.41, 5.74) is -0.544. The van der Waals surface area contributed by atoms with Crippen molar-refractivity contribution in [2.24, 2.45) is 7.05 Å². The Kier molecular flexibility index (Phi) is 5.33. The molecule has 13 heteroatoms. The Morgan fingerprint density at radius 2 is 1.88 bits per heavy atom. The van der Waals surface area contributed by atoms with Gasteiger partial charge in [-0.15, -0.1) is 0 Å². The Labute approximate surface area is 185 Å². The Balaban J connectivity index is 1.95. The number of sulfone groups is 1. The molecule has 0 atom stereocenters. The fraction of sp³-hybridized carbons (Fsp3) is 0.200. The van der Waals surface area contributed by atoms with E-state index in [1.54, 1.807) is 0 Å². The highest BCUT2D eigenvalue weighted by atomic mass is 32.2. The van der Waals surface area contributed by atoms with Gasteiger partial charge in [0.05, 0.1) is 27.9 Å². The number of pyridine rings is 2. The Morgan fingerprint density at radius 1 is 1.12 bits per heavy atom. The number of halogens is 3. The highest BCUT2D eigenvalue weighted by Crippen LogP contribution is 2.33. The van der Waals surface area contributed by atoms with Gasteiger partial charge in [0.1, 0.15) is 23.2 Å². The topological polar surface area (TPSA) is 127 Å². The van der Waals surface area contributed by atoms with Gasteiger partial charge < -0.3 is 4.57 Å². The van der Waals surface area contributed by atoms with Crippen LogP contribution in [0.5, 0.6) is 0 Å². The predicted octanol–water partition coefficient (Wildman–Crippen LogP) is 3.17. The summed E-state index contributed by atoms with van der Waals surface area (Å²) in [6, 6.07) is 5.39. The molecular formula is C20H14F3N7O2S. The molecule has 0 aromatic carbocycles. The van der Waals surface area contributed by atoms with Crippen LogP contribution < -0.4 is 0 Å². The van der Waals surface area contributed by atoms with Crippen LogP contribution in [0.15, 0.2) is 41.7 Å². The smallest absolute Gasteiger partial charge is 0.324 e. The molecule has 0 aliphatic heterocycles. The Bertz CT molecular complexity index is 1540.